The van der Waals surface area contributed by atoms with Gasteiger partial charge in [0, 0.05) is 13.8 Å². The van der Waals surface area contributed by atoms with Crippen LogP contribution < -0.4 is 10.6 Å². The molecule has 0 saturated carbocycles. The zero-order chi connectivity index (χ0) is 59.8. The number of amides is 2. The van der Waals surface area contributed by atoms with Crippen LogP contribution >= 0.6 is 0 Å². The Kier molecular flexibility index (Phi) is 22.9. The summed E-state index contributed by atoms with van der Waals surface area (Å²) in [7, 11) is 0. The molecule has 7 rings (SSSR count). The molecule has 7 aliphatic rings. The average molecular weight is 1190 g/mol. The van der Waals surface area contributed by atoms with Crippen LogP contribution in [-0.4, -0.2) is 345 Å². The van der Waals surface area contributed by atoms with Crippen molar-refractivity contribution in [2.75, 3.05) is 26.4 Å². The first-order chi connectivity index (χ1) is 38.2. The van der Waals surface area contributed by atoms with Crippen molar-refractivity contribution in [1.29, 1.82) is 0 Å². The van der Waals surface area contributed by atoms with E-state index in [4.69, 9.17) is 61.6 Å². The van der Waals surface area contributed by atoms with Gasteiger partial charge in [0.15, 0.2) is 44.0 Å². The van der Waals surface area contributed by atoms with E-state index in [-0.39, 0.29) is 0 Å². The summed E-state index contributed by atoms with van der Waals surface area (Å²) in [4.78, 5) is 25.7. The Hall–Kier alpha value is -2.30. The second-order valence-electron chi connectivity index (χ2n) is 21.0. The molecule has 81 heavy (non-hydrogen) atoms. The second kappa shape index (κ2) is 28.0. The van der Waals surface area contributed by atoms with E-state index in [1.165, 1.54) is 20.8 Å². The van der Waals surface area contributed by atoms with E-state index >= 15 is 0 Å². The topological polar surface area (TPSA) is 542 Å². The average Bonchev–Trinajstić information content (AvgIpc) is 3.56. The summed E-state index contributed by atoms with van der Waals surface area (Å²) in [6.07, 6.45) is -61.5. The van der Waals surface area contributed by atoms with Gasteiger partial charge in [-0.2, -0.15) is 0 Å². The lowest BCUT2D eigenvalue weighted by atomic mass is 9.93. The molecule has 20 N–H and O–H groups in total. The van der Waals surface area contributed by atoms with Crippen LogP contribution in [0.25, 0.3) is 0 Å². The van der Waals surface area contributed by atoms with Crippen LogP contribution in [0, 0.1) is 0 Å². The van der Waals surface area contributed by atoms with Crippen LogP contribution in [0.2, 0.25) is 0 Å². The van der Waals surface area contributed by atoms with E-state index in [1.807, 2.05) is 0 Å². The van der Waals surface area contributed by atoms with Gasteiger partial charge in [-0.15, -0.1) is 0 Å². The predicted molar refractivity (Wildman–Crippen MR) is 251 cm³/mol. The molecule has 0 radical (unpaired) electrons. The van der Waals surface area contributed by atoms with Gasteiger partial charge in [-0.25, -0.2) is 0 Å². The smallest absolute Gasteiger partial charge is 0.217 e. The summed E-state index contributed by atoms with van der Waals surface area (Å²) in [5.41, 5.74) is 0. The second-order valence-corrected chi connectivity index (χ2v) is 21.0. The number of ether oxygens (including phenoxy) is 13. The third kappa shape index (κ3) is 14.1. The van der Waals surface area contributed by atoms with Crippen molar-refractivity contribution in [3.63, 3.8) is 0 Å². The molecule has 470 valence electrons. The zero-order valence-corrected chi connectivity index (χ0v) is 44.2. The monoisotopic (exact) mass is 1190 g/mol. The molecule has 2 amide bonds. The highest BCUT2D eigenvalue weighted by atomic mass is 16.8. The first-order valence-electron chi connectivity index (χ1n) is 26.2. The number of rotatable bonds is 18. The molecule has 0 aromatic heterocycles. The van der Waals surface area contributed by atoms with E-state index < -0.39 is 253 Å². The summed E-state index contributed by atoms with van der Waals surface area (Å²) in [5.74, 6) is -1.71. The van der Waals surface area contributed by atoms with Crippen molar-refractivity contribution in [2.24, 2.45) is 0 Å². The predicted octanol–water partition coefficient (Wildman–Crippen LogP) is -12.9. The maximum absolute atomic E-state index is 13.2. The van der Waals surface area contributed by atoms with Gasteiger partial charge in [-0.1, -0.05) is 0 Å². The highest BCUT2D eigenvalue weighted by Crippen LogP contribution is 2.39. The molecule has 0 aliphatic carbocycles. The Balaban J connectivity index is 1.22. The lowest BCUT2D eigenvalue weighted by Gasteiger charge is -2.52. The first-order valence-corrected chi connectivity index (χ1v) is 26.2. The molecule has 0 unspecified atom stereocenters. The van der Waals surface area contributed by atoms with Crippen molar-refractivity contribution in [3.05, 3.63) is 0 Å². The Labute approximate surface area is 460 Å². The molecule has 35 atom stereocenters. The van der Waals surface area contributed by atoms with Gasteiger partial charge in [0.2, 0.25) is 11.8 Å². The number of carbonyl (C=O) groups excluding carboxylic acids is 2. The minimum atomic E-state index is -2.30. The van der Waals surface area contributed by atoms with Gasteiger partial charge in [0.25, 0.3) is 0 Å². The van der Waals surface area contributed by atoms with Gasteiger partial charge in [0.05, 0.1) is 44.7 Å². The number of carbonyl (C=O) groups is 2. The van der Waals surface area contributed by atoms with Crippen LogP contribution in [0.1, 0.15) is 34.6 Å². The number of hydrogen-bond acceptors (Lipinski definition) is 33. The normalized spacial score (nSPS) is 51.8. The van der Waals surface area contributed by atoms with Crippen LogP contribution in [0.15, 0.2) is 0 Å². The third-order valence-corrected chi connectivity index (χ3v) is 15.2. The maximum atomic E-state index is 13.2. The summed E-state index contributed by atoms with van der Waals surface area (Å²) in [5, 5.41) is 201. The largest absolute Gasteiger partial charge is 0.394 e. The highest BCUT2D eigenvalue weighted by Gasteiger charge is 2.60. The molecular weight excluding hydrogens is 1110 g/mol. The van der Waals surface area contributed by atoms with Crippen LogP contribution in [0.5, 0.6) is 0 Å². The fourth-order valence-corrected chi connectivity index (χ4v) is 10.6. The Bertz CT molecular complexity index is 2010. The third-order valence-electron chi connectivity index (χ3n) is 15.2. The number of aliphatic hydroxyl groups excluding tert-OH is 18. The van der Waals surface area contributed by atoms with E-state index in [0.29, 0.717) is 0 Å². The molecule has 0 spiro atoms. The van der Waals surface area contributed by atoms with Gasteiger partial charge < -0.3 is 164 Å². The zero-order valence-electron chi connectivity index (χ0n) is 44.2. The molecule has 7 heterocycles. The highest BCUT2D eigenvalue weighted by molar-refractivity contribution is 5.73. The summed E-state index contributed by atoms with van der Waals surface area (Å²) < 4.78 is 76.7. The fraction of sp³-hybridized carbons (Fsp3) is 0.957. The molecular formula is C46H78N2O33. The Morgan fingerprint density at radius 1 is 0.321 bits per heavy atom. The van der Waals surface area contributed by atoms with E-state index in [1.54, 1.807) is 0 Å². The lowest BCUT2D eigenvalue weighted by molar-refractivity contribution is -0.398. The summed E-state index contributed by atoms with van der Waals surface area (Å²) in [6, 6.07) is -3.56. The molecule has 35 nitrogen and oxygen atoms in total. The van der Waals surface area contributed by atoms with Crippen molar-refractivity contribution in [2.45, 2.75) is 249 Å². The SMILES string of the molecule is CC(=O)N[C@@H]1[C@@H](O[C@@H]2O[C@@H](C)[C@@H](O)[C@@H](O)[C@@H]2O)[C@H](O[C@@H]2O[C@H](CO)[C@H](O)[C@H](O[C@@H]3O[C@H](CO)[C@@H](O[C@@H]4O[C@H](CO)[C@H](O)[C@H](O[C@@H]5O[C@@H](C)[C@@H](O)[C@@H](O)[C@@H]5O)[C@H]4O)[C@H](O[C@@H]4O[C@@H](C)[C@@H](O)[C@@H](O)[C@@H]4O)[C@H]3NC(C)=O)[C@H]2O)[C@@H](CO)O[C@H]1O. The lowest BCUT2D eigenvalue weighted by Crippen LogP contribution is -2.71. The summed E-state index contributed by atoms with van der Waals surface area (Å²) >= 11 is 0. The van der Waals surface area contributed by atoms with Crippen molar-refractivity contribution in [3.8, 4) is 0 Å². The van der Waals surface area contributed by atoms with Gasteiger partial charge in [-0.3, -0.25) is 9.59 Å². The Morgan fingerprint density at radius 3 is 0.963 bits per heavy atom. The molecule has 0 bridgehead atoms. The van der Waals surface area contributed by atoms with Crippen LogP contribution in [0.3, 0.4) is 0 Å². The van der Waals surface area contributed by atoms with Crippen molar-refractivity contribution >= 4 is 11.8 Å². The standard InChI is InChI=1S/C46H78N2O33/c1-10-21(55)26(60)29(63)42(69-10)78-36-19(47-13(4)53)40(68)72-17(8-51)34(36)76-45-32(66)38(24(58)15(6-49)73-45)80-41-20(48-14(5)54)37(79-43-30(64)27(61)22(56)11(2)70-43)35(18(9-52)75-41)77-46-33(67)39(25(59)16(7-50)74-46)81-44-31(65)28(62)23(57)12(3)71-44/h10-12,15-46,49-52,55-68H,6-9H2,1-5H3,(H,47,53)(H,48,54)/t10-,11-,12-,15+,16+,17+,18+,19+,20+,21+,22+,23+,24-,25-,26+,27+,28+,29-,30-,31-,32+,33+,34+,35+,36+,37+,38-,39-,40+,41-,42-,43-,44-,45-,46-/m0/s1. The van der Waals surface area contributed by atoms with Crippen LogP contribution in [0.4, 0.5) is 0 Å². The van der Waals surface area contributed by atoms with E-state index in [9.17, 15) is 102 Å². The number of aliphatic hydroxyl groups is 18. The number of hydrogen-bond donors (Lipinski definition) is 20. The minimum absolute atomic E-state index is 0.792. The molecule has 7 fully saturated rings. The van der Waals surface area contributed by atoms with Gasteiger partial charge in [-0.05, 0) is 20.8 Å². The van der Waals surface area contributed by atoms with Crippen molar-refractivity contribution in [1.82, 2.24) is 10.6 Å². The maximum Gasteiger partial charge on any atom is 0.217 e. The van der Waals surface area contributed by atoms with Gasteiger partial charge in [0.1, 0.15) is 152 Å². The quantitative estimate of drug-likeness (QED) is 0.0606. The van der Waals surface area contributed by atoms with Crippen LogP contribution in [-0.2, 0) is 71.2 Å². The van der Waals surface area contributed by atoms with Crippen molar-refractivity contribution < 1.29 is 163 Å². The molecule has 0 aromatic carbocycles. The summed E-state index contributed by atoms with van der Waals surface area (Å²) in [6.45, 7) is 1.73. The first kappa shape index (κ1) is 66.2. The van der Waals surface area contributed by atoms with Gasteiger partial charge >= 0.3 is 0 Å². The molecule has 35 heteroatoms. The number of nitrogens with one attached hydrogen (secondary N) is 2. The molecule has 7 saturated heterocycles. The fourth-order valence-electron chi connectivity index (χ4n) is 10.6. The minimum Gasteiger partial charge on any atom is -0.394 e. The molecule has 0 aromatic rings. The van der Waals surface area contributed by atoms with E-state index in [0.717, 1.165) is 13.8 Å². The Morgan fingerprint density at radius 2 is 0.605 bits per heavy atom. The van der Waals surface area contributed by atoms with E-state index in [2.05, 4.69) is 10.6 Å². The molecule has 7 aliphatic heterocycles.